The molecule has 0 spiro atoms. The third-order valence-corrected chi connectivity index (χ3v) is 6.76. The Bertz CT molecular complexity index is 1010. The van der Waals surface area contributed by atoms with E-state index in [9.17, 15) is 0 Å². The lowest BCUT2D eigenvalue weighted by molar-refractivity contribution is 0.288. The summed E-state index contributed by atoms with van der Waals surface area (Å²) in [6.45, 7) is 4.04. The number of hydrogen-bond acceptors (Lipinski definition) is 5. The predicted molar refractivity (Wildman–Crippen MR) is 125 cm³/mol. The van der Waals surface area contributed by atoms with Crippen molar-refractivity contribution in [3.05, 3.63) is 71.4 Å². The van der Waals surface area contributed by atoms with Gasteiger partial charge in [-0.25, -0.2) is 0 Å². The molecule has 0 amide bonds. The molecule has 5 rings (SSSR count). The average molecular weight is 437 g/mol. The zero-order valence-electron chi connectivity index (χ0n) is 17.6. The maximum absolute atomic E-state index is 5.93. The molecule has 3 heterocycles. The minimum atomic E-state index is 0.458. The van der Waals surface area contributed by atoms with Gasteiger partial charge in [0.15, 0.2) is 0 Å². The van der Waals surface area contributed by atoms with Crippen LogP contribution in [0.1, 0.15) is 24.8 Å². The molecule has 0 aliphatic carbocycles. The van der Waals surface area contributed by atoms with E-state index in [1.54, 1.807) is 0 Å². The molecular formula is C25H29ClN4O. The molecule has 0 bridgehead atoms. The highest BCUT2D eigenvalue weighted by Gasteiger charge is 2.34. The topological polar surface area (TPSA) is 49.4 Å². The van der Waals surface area contributed by atoms with Crippen molar-refractivity contribution >= 4 is 22.5 Å². The SMILES string of the molecule is Clc1ccc(OCCC2CC(C3CCN(Cc4ccc5ncccc5c4)C3)NN2)cc1. The Morgan fingerprint density at radius 1 is 1.10 bits per heavy atom. The van der Waals surface area contributed by atoms with Crippen LogP contribution in [-0.2, 0) is 6.54 Å². The molecule has 0 saturated carbocycles. The molecule has 3 aromatic rings. The third kappa shape index (κ3) is 5.18. The number of rotatable bonds is 7. The molecule has 162 valence electrons. The number of pyridine rings is 1. The Labute approximate surface area is 188 Å². The first-order valence-corrected chi connectivity index (χ1v) is 11.6. The van der Waals surface area contributed by atoms with Crippen molar-refractivity contribution in [3.8, 4) is 5.75 Å². The Kier molecular flexibility index (Phi) is 6.37. The molecule has 2 aliphatic rings. The zero-order chi connectivity index (χ0) is 21.0. The van der Waals surface area contributed by atoms with Gasteiger partial charge in [0.05, 0.1) is 12.1 Å². The van der Waals surface area contributed by atoms with Crippen LogP contribution in [0.25, 0.3) is 10.9 Å². The van der Waals surface area contributed by atoms with Crippen LogP contribution in [-0.4, -0.2) is 41.7 Å². The number of benzene rings is 2. The number of nitrogens with one attached hydrogen (secondary N) is 2. The number of likely N-dealkylation sites (tertiary alicyclic amines) is 1. The molecule has 6 heteroatoms. The molecule has 3 atom stereocenters. The summed E-state index contributed by atoms with van der Waals surface area (Å²) in [5.41, 5.74) is 9.48. The number of hydrazine groups is 1. The molecule has 0 radical (unpaired) electrons. The van der Waals surface area contributed by atoms with E-state index < -0.39 is 0 Å². The largest absolute Gasteiger partial charge is 0.494 e. The van der Waals surface area contributed by atoms with E-state index in [1.807, 2.05) is 36.5 Å². The van der Waals surface area contributed by atoms with E-state index in [0.717, 1.165) is 48.8 Å². The van der Waals surface area contributed by atoms with Gasteiger partial charge in [0.2, 0.25) is 0 Å². The third-order valence-electron chi connectivity index (χ3n) is 6.51. The van der Waals surface area contributed by atoms with Gasteiger partial charge in [-0.1, -0.05) is 23.7 Å². The lowest BCUT2D eigenvalue weighted by Crippen LogP contribution is -2.38. The van der Waals surface area contributed by atoms with Crippen LogP contribution in [0, 0.1) is 5.92 Å². The highest BCUT2D eigenvalue weighted by atomic mass is 35.5. The Balaban J connectivity index is 1.07. The van der Waals surface area contributed by atoms with Gasteiger partial charge in [-0.15, -0.1) is 0 Å². The van der Waals surface area contributed by atoms with Crippen LogP contribution in [0.2, 0.25) is 5.02 Å². The molecule has 2 saturated heterocycles. The summed E-state index contributed by atoms with van der Waals surface area (Å²) in [5, 5.41) is 1.96. The summed E-state index contributed by atoms with van der Waals surface area (Å²) in [5.74, 6) is 1.57. The maximum atomic E-state index is 5.93. The number of aromatic nitrogens is 1. The second-order valence-corrected chi connectivity index (χ2v) is 9.17. The highest BCUT2D eigenvalue weighted by Crippen LogP contribution is 2.27. The zero-order valence-corrected chi connectivity index (χ0v) is 18.4. The molecule has 2 N–H and O–H groups in total. The molecule has 31 heavy (non-hydrogen) atoms. The lowest BCUT2D eigenvalue weighted by atomic mass is 9.94. The molecule has 2 aromatic carbocycles. The average Bonchev–Trinajstić information content (AvgIpc) is 3.45. The number of fused-ring (bicyclic) bond motifs is 1. The lowest BCUT2D eigenvalue weighted by Gasteiger charge is -2.20. The van der Waals surface area contributed by atoms with Crippen molar-refractivity contribution in [2.75, 3.05) is 19.7 Å². The predicted octanol–water partition coefficient (Wildman–Crippen LogP) is 4.41. The Hall–Kier alpha value is -2.18. The fraction of sp³-hybridized carbons (Fsp3) is 0.400. The molecule has 3 unspecified atom stereocenters. The van der Waals surface area contributed by atoms with Crippen molar-refractivity contribution in [3.63, 3.8) is 0 Å². The molecule has 2 fully saturated rings. The number of halogens is 1. The van der Waals surface area contributed by atoms with Gasteiger partial charge in [-0.2, -0.15) is 0 Å². The van der Waals surface area contributed by atoms with Gasteiger partial charge in [0, 0.05) is 41.8 Å². The van der Waals surface area contributed by atoms with Crippen LogP contribution in [0.15, 0.2) is 60.8 Å². The summed E-state index contributed by atoms with van der Waals surface area (Å²) in [6, 6.07) is 19.3. The smallest absolute Gasteiger partial charge is 0.119 e. The first-order valence-electron chi connectivity index (χ1n) is 11.2. The molecule has 5 nitrogen and oxygen atoms in total. The van der Waals surface area contributed by atoms with Crippen molar-refractivity contribution in [2.45, 2.75) is 37.9 Å². The van der Waals surface area contributed by atoms with Crippen molar-refractivity contribution in [1.82, 2.24) is 20.7 Å². The van der Waals surface area contributed by atoms with Crippen molar-refractivity contribution in [2.24, 2.45) is 5.92 Å². The second-order valence-electron chi connectivity index (χ2n) is 8.73. The van der Waals surface area contributed by atoms with Gasteiger partial charge >= 0.3 is 0 Å². The quantitative estimate of drug-likeness (QED) is 0.574. The van der Waals surface area contributed by atoms with E-state index >= 15 is 0 Å². The maximum Gasteiger partial charge on any atom is 0.119 e. The van der Waals surface area contributed by atoms with Crippen LogP contribution < -0.4 is 15.6 Å². The summed E-state index contributed by atoms with van der Waals surface area (Å²) in [7, 11) is 0. The number of nitrogens with zero attached hydrogens (tertiary/aromatic N) is 2. The number of ether oxygens (including phenoxy) is 1. The van der Waals surface area contributed by atoms with E-state index in [-0.39, 0.29) is 0 Å². The van der Waals surface area contributed by atoms with E-state index in [4.69, 9.17) is 16.3 Å². The molecule has 1 aromatic heterocycles. The van der Waals surface area contributed by atoms with Gasteiger partial charge in [0.25, 0.3) is 0 Å². The fourth-order valence-corrected chi connectivity index (χ4v) is 4.94. The van der Waals surface area contributed by atoms with Gasteiger partial charge in [0.1, 0.15) is 5.75 Å². The van der Waals surface area contributed by atoms with Crippen LogP contribution in [0.3, 0.4) is 0 Å². The van der Waals surface area contributed by atoms with Gasteiger partial charge in [-0.3, -0.25) is 20.7 Å². The second kappa shape index (κ2) is 9.53. The summed E-state index contributed by atoms with van der Waals surface area (Å²) in [6.07, 6.45) is 5.26. The van der Waals surface area contributed by atoms with E-state index in [0.29, 0.717) is 24.6 Å². The first-order chi connectivity index (χ1) is 15.2. The normalized spacial score (nSPS) is 24.1. The van der Waals surface area contributed by atoms with Crippen LogP contribution >= 0.6 is 11.6 Å². The van der Waals surface area contributed by atoms with E-state index in [2.05, 4.69) is 45.0 Å². The van der Waals surface area contributed by atoms with Crippen molar-refractivity contribution in [1.29, 1.82) is 0 Å². The number of hydrogen-bond donors (Lipinski definition) is 2. The Morgan fingerprint density at radius 3 is 2.90 bits per heavy atom. The highest BCUT2D eigenvalue weighted by molar-refractivity contribution is 6.30. The minimum absolute atomic E-state index is 0.458. The Morgan fingerprint density at radius 2 is 2.00 bits per heavy atom. The van der Waals surface area contributed by atoms with Gasteiger partial charge < -0.3 is 4.74 Å². The first kappa shape index (κ1) is 20.7. The summed E-state index contributed by atoms with van der Waals surface area (Å²) >= 11 is 5.93. The fourth-order valence-electron chi connectivity index (χ4n) is 4.82. The van der Waals surface area contributed by atoms with E-state index in [1.165, 1.54) is 17.4 Å². The minimum Gasteiger partial charge on any atom is -0.494 e. The van der Waals surface area contributed by atoms with Gasteiger partial charge in [-0.05, 0) is 79.8 Å². The molecule has 2 aliphatic heterocycles. The monoisotopic (exact) mass is 436 g/mol. The van der Waals surface area contributed by atoms with Crippen molar-refractivity contribution < 1.29 is 4.74 Å². The van der Waals surface area contributed by atoms with Crippen LogP contribution in [0.5, 0.6) is 5.75 Å². The standard InChI is InChI=1S/C25H29ClN4O/c26-21-4-6-23(7-5-21)31-13-10-22-15-25(29-28-22)20-9-12-30(17-20)16-18-3-8-24-19(14-18)2-1-11-27-24/h1-8,11,14,20,22,25,28-29H,9-10,12-13,15-17H2. The molecular weight excluding hydrogens is 408 g/mol. The summed E-state index contributed by atoms with van der Waals surface area (Å²) < 4.78 is 5.86. The van der Waals surface area contributed by atoms with Crippen LogP contribution in [0.4, 0.5) is 0 Å². The summed E-state index contributed by atoms with van der Waals surface area (Å²) in [4.78, 5) is 7.01.